The predicted molar refractivity (Wildman–Crippen MR) is 53.2 cm³/mol. The molecule has 0 aromatic heterocycles. The van der Waals surface area contributed by atoms with Gasteiger partial charge in [-0.3, -0.25) is 4.79 Å². The predicted octanol–water partition coefficient (Wildman–Crippen LogP) is 3.65. The molecule has 0 aliphatic rings. The third kappa shape index (κ3) is 4.81. The van der Waals surface area contributed by atoms with E-state index < -0.39 is 11.2 Å². The zero-order chi connectivity index (χ0) is 10.5. The SMILES string of the molecule is CCCCC(C)(C)C(=O)/C=C(/C)F. The summed E-state index contributed by atoms with van der Waals surface area (Å²) >= 11 is 0. The van der Waals surface area contributed by atoms with Crippen molar-refractivity contribution in [2.24, 2.45) is 5.41 Å². The molecule has 0 aromatic carbocycles. The van der Waals surface area contributed by atoms with Crippen molar-refractivity contribution in [3.8, 4) is 0 Å². The molecule has 0 aliphatic heterocycles. The lowest BCUT2D eigenvalue weighted by Crippen LogP contribution is -2.22. The molecule has 1 nitrogen and oxygen atoms in total. The van der Waals surface area contributed by atoms with Gasteiger partial charge >= 0.3 is 0 Å². The highest BCUT2D eigenvalue weighted by Crippen LogP contribution is 2.25. The van der Waals surface area contributed by atoms with Gasteiger partial charge in [-0.2, -0.15) is 0 Å². The van der Waals surface area contributed by atoms with Crippen molar-refractivity contribution in [3.63, 3.8) is 0 Å². The van der Waals surface area contributed by atoms with E-state index in [2.05, 4.69) is 6.92 Å². The van der Waals surface area contributed by atoms with Crippen LogP contribution in [0.3, 0.4) is 0 Å². The van der Waals surface area contributed by atoms with E-state index in [0.717, 1.165) is 25.3 Å². The summed E-state index contributed by atoms with van der Waals surface area (Å²) in [6.07, 6.45) is 3.99. The second-order valence-electron chi connectivity index (χ2n) is 4.08. The lowest BCUT2D eigenvalue weighted by atomic mass is 9.82. The molecule has 0 aromatic rings. The normalized spacial score (nSPS) is 13.2. The Labute approximate surface area is 80.0 Å². The van der Waals surface area contributed by atoms with Gasteiger partial charge in [0.05, 0.1) is 0 Å². The highest BCUT2D eigenvalue weighted by Gasteiger charge is 2.24. The first-order valence-corrected chi connectivity index (χ1v) is 4.78. The van der Waals surface area contributed by atoms with E-state index in [-0.39, 0.29) is 5.78 Å². The summed E-state index contributed by atoms with van der Waals surface area (Å²) in [6.45, 7) is 7.11. The molecule has 0 bridgehead atoms. The summed E-state index contributed by atoms with van der Waals surface area (Å²) in [5.74, 6) is -0.518. The number of rotatable bonds is 5. The highest BCUT2D eigenvalue weighted by molar-refractivity contribution is 5.94. The minimum atomic E-state index is -0.413. The second kappa shape index (κ2) is 5.15. The van der Waals surface area contributed by atoms with Crippen LogP contribution in [0.15, 0.2) is 11.9 Å². The molecule has 0 amide bonds. The first kappa shape index (κ1) is 12.3. The molecular formula is C11H19FO. The van der Waals surface area contributed by atoms with E-state index in [1.165, 1.54) is 6.92 Å². The van der Waals surface area contributed by atoms with E-state index in [0.29, 0.717) is 0 Å². The molecule has 2 heteroatoms. The second-order valence-corrected chi connectivity index (χ2v) is 4.08. The van der Waals surface area contributed by atoms with Gasteiger partial charge in [-0.05, 0) is 13.3 Å². The number of hydrogen-bond donors (Lipinski definition) is 0. The van der Waals surface area contributed by atoms with Crippen LogP contribution >= 0.6 is 0 Å². The summed E-state index contributed by atoms with van der Waals surface area (Å²) in [4.78, 5) is 11.5. The number of carbonyl (C=O) groups excluding carboxylic acids is 1. The van der Waals surface area contributed by atoms with Crippen LogP contribution in [0, 0.1) is 5.41 Å². The van der Waals surface area contributed by atoms with Gasteiger partial charge in [0.15, 0.2) is 5.78 Å². The Hall–Kier alpha value is -0.660. The standard InChI is InChI=1S/C11H19FO/c1-5-6-7-11(3,4)10(13)8-9(2)12/h8H,5-7H2,1-4H3/b9-8-. The van der Waals surface area contributed by atoms with Crippen molar-refractivity contribution in [2.75, 3.05) is 0 Å². The Morgan fingerprint density at radius 1 is 1.46 bits per heavy atom. The Kier molecular flexibility index (Phi) is 4.89. The highest BCUT2D eigenvalue weighted by atomic mass is 19.1. The molecule has 0 saturated heterocycles. The summed E-state index contributed by atoms with van der Waals surface area (Å²) in [5, 5.41) is 0. The molecule has 13 heavy (non-hydrogen) atoms. The maximum absolute atomic E-state index is 12.4. The van der Waals surface area contributed by atoms with Crippen LogP contribution in [0.1, 0.15) is 47.0 Å². The van der Waals surface area contributed by atoms with Crippen molar-refractivity contribution < 1.29 is 9.18 Å². The maximum Gasteiger partial charge on any atom is 0.163 e. The number of carbonyl (C=O) groups is 1. The molecular weight excluding hydrogens is 167 g/mol. The minimum Gasteiger partial charge on any atom is -0.294 e. The smallest absolute Gasteiger partial charge is 0.163 e. The lowest BCUT2D eigenvalue weighted by Gasteiger charge is -2.20. The molecule has 0 unspecified atom stereocenters. The summed E-state index contributed by atoms with van der Waals surface area (Å²) in [6, 6.07) is 0. The van der Waals surface area contributed by atoms with Gasteiger partial charge in [-0.25, -0.2) is 4.39 Å². The van der Waals surface area contributed by atoms with Crippen molar-refractivity contribution in [3.05, 3.63) is 11.9 Å². The first-order valence-electron chi connectivity index (χ1n) is 4.78. The topological polar surface area (TPSA) is 17.1 Å². The zero-order valence-electron chi connectivity index (χ0n) is 8.98. The first-order chi connectivity index (χ1) is 5.90. The Morgan fingerprint density at radius 3 is 2.38 bits per heavy atom. The van der Waals surface area contributed by atoms with Gasteiger partial charge in [-0.15, -0.1) is 0 Å². The molecule has 0 aliphatic carbocycles. The molecule has 0 rings (SSSR count). The van der Waals surface area contributed by atoms with Crippen LogP contribution in [-0.4, -0.2) is 5.78 Å². The number of halogens is 1. The van der Waals surface area contributed by atoms with Crippen LogP contribution in [0.4, 0.5) is 4.39 Å². The maximum atomic E-state index is 12.4. The fourth-order valence-corrected chi connectivity index (χ4v) is 1.12. The molecule has 0 saturated carbocycles. The summed E-state index contributed by atoms with van der Waals surface area (Å²) < 4.78 is 12.4. The largest absolute Gasteiger partial charge is 0.294 e. The molecule has 0 radical (unpaired) electrons. The Bertz CT molecular complexity index is 200. The third-order valence-corrected chi connectivity index (χ3v) is 2.15. The van der Waals surface area contributed by atoms with Crippen molar-refractivity contribution in [1.82, 2.24) is 0 Å². The van der Waals surface area contributed by atoms with Gasteiger partial charge in [0.25, 0.3) is 0 Å². The van der Waals surface area contributed by atoms with E-state index in [1.807, 2.05) is 13.8 Å². The Morgan fingerprint density at radius 2 is 2.00 bits per heavy atom. The lowest BCUT2D eigenvalue weighted by molar-refractivity contribution is -0.122. The van der Waals surface area contributed by atoms with E-state index >= 15 is 0 Å². The summed E-state index contributed by atoms with van der Waals surface area (Å²) in [5.41, 5.74) is -0.413. The van der Waals surface area contributed by atoms with Gasteiger partial charge in [0, 0.05) is 11.5 Å². The van der Waals surface area contributed by atoms with E-state index in [4.69, 9.17) is 0 Å². The monoisotopic (exact) mass is 186 g/mol. The number of hydrogen-bond acceptors (Lipinski definition) is 1. The number of ketones is 1. The summed E-state index contributed by atoms with van der Waals surface area (Å²) in [7, 11) is 0. The van der Waals surface area contributed by atoms with E-state index in [1.54, 1.807) is 0 Å². The van der Waals surface area contributed by atoms with Crippen molar-refractivity contribution in [1.29, 1.82) is 0 Å². The molecule has 0 fully saturated rings. The Balaban J connectivity index is 4.27. The molecule has 76 valence electrons. The van der Waals surface area contributed by atoms with Crippen LogP contribution < -0.4 is 0 Å². The molecule has 0 N–H and O–H groups in total. The quantitative estimate of drug-likeness (QED) is 0.599. The van der Waals surface area contributed by atoms with Crippen molar-refractivity contribution in [2.45, 2.75) is 47.0 Å². The fourth-order valence-electron chi connectivity index (χ4n) is 1.12. The number of allylic oxidation sites excluding steroid dienone is 2. The van der Waals surface area contributed by atoms with Crippen LogP contribution in [0.5, 0.6) is 0 Å². The van der Waals surface area contributed by atoms with Gasteiger partial charge in [0.2, 0.25) is 0 Å². The molecule has 0 atom stereocenters. The third-order valence-electron chi connectivity index (χ3n) is 2.15. The fraction of sp³-hybridized carbons (Fsp3) is 0.727. The molecule has 0 spiro atoms. The minimum absolute atomic E-state index is 0.110. The van der Waals surface area contributed by atoms with Crippen LogP contribution in [0.2, 0.25) is 0 Å². The van der Waals surface area contributed by atoms with Crippen LogP contribution in [-0.2, 0) is 4.79 Å². The average Bonchev–Trinajstić information content (AvgIpc) is 1.99. The van der Waals surface area contributed by atoms with E-state index in [9.17, 15) is 9.18 Å². The van der Waals surface area contributed by atoms with Crippen molar-refractivity contribution >= 4 is 5.78 Å². The average molecular weight is 186 g/mol. The van der Waals surface area contributed by atoms with Gasteiger partial charge in [-0.1, -0.05) is 33.6 Å². The number of unbranched alkanes of at least 4 members (excludes halogenated alkanes) is 1. The zero-order valence-corrected chi connectivity index (χ0v) is 8.98. The van der Waals surface area contributed by atoms with Gasteiger partial charge in [0.1, 0.15) is 5.83 Å². The molecule has 0 heterocycles. The van der Waals surface area contributed by atoms with Gasteiger partial charge < -0.3 is 0 Å². The van der Waals surface area contributed by atoms with Crippen LogP contribution in [0.25, 0.3) is 0 Å².